The largest absolute Gasteiger partial charge is 0.461 e. The van der Waals surface area contributed by atoms with Gasteiger partial charge >= 0.3 is 5.97 Å². The average molecular weight is 537 g/mol. The summed E-state index contributed by atoms with van der Waals surface area (Å²) < 4.78 is 5.06. The molecule has 0 fully saturated rings. The minimum absolute atomic E-state index is 0.0551. The maximum absolute atomic E-state index is 13.8. The van der Waals surface area contributed by atoms with Gasteiger partial charge in [0.2, 0.25) is 11.8 Å². The predicted molar refractivity (Wildman–Crippen MR) is 146 cm³/mol. The third-order valence-corrected chi connectivity index (χ3v) is 7.44. The van der Waals surface area contributed by atoms with E-state index in [2.05, 4.69) is 27.3 Å². The first kappa shape index (κ1) is 32.4. The van der Waals surface area contributed by atoms with Gasteiger partial charge in [0, 0.05) is 29.8 Å². The van der Waals surface area contributed by atoms with E-state index in [1.165, 1.54) is 18.3 Å². The number of unbranched alkanes of at least 4 members (excludes halogenated alkanes) is 3. The Labute approximate surface area is 225 Å². The second-order valence-corrected chi connectivity index (χ2v) is 10.6. The van der Waals surface area contributed by atoms with Crippen LogP contribution in [0.3, 0.4) is 0 Å². The zero-order valence-electron chi connectivity index (χ0n) is 23.4. The molecule has 2 amide bonds. The monoisotopic (exact) mass is 536 g/mol. The Hall–Kier alpha value is -2.65. The van der Waals surface area contributed by atoms with Crippen molar-refractivity contribution in [2.75, 3.05) is 13.2 Å². The number of hydrogen-bond acceptors (Lipinski definition) is 7. The highest BCUT2D eigenvalue weighted by molar-refractivity contribution is 7.09. The van der Waals surface area contributed by atoms with Crippen LogP contribution in [0.1, 0.15) is 109 Å². The Balaban J connectivity index is 3.39. The first-order valence-electron chi connectivity index (χ1n) is 13.3. The van der Waals surface area contributed by atoms with E-state index < -0.39 is 18.1 Å². The third kappa shape index (κ3) is 10.3. The second-order valence-electron chi connectivity index (χ2n) is 9.72. The van der Waals surface area contributed by atoms with Gasteiger partial charge in [-0.1, -0.05) is 65.4 Å². The fraction of sp³-hybridized carbons (Fsp3) is 0.769. The van der Waals surface area contributed by atoms with Crippen LogP contribution in [0.4, 0.5) is 0 Å². The van der Waals surface area contributed by atoms with E-state index in [1.54, 1.807) is 12.3 Å². The number of esters is 1. The number of nitrogens with one attached hydrogen (secondary N) is 1. The number of carbonyl (C=O) groups excluding carboxylic acids is 3. The molecule has 0 radical (unpaired) electrons. The molecule has 0 saturated carbocycles. The Morgan fingerprint density at radius 2 is 1.89 bits per heavy atom. The third-order valence-electron chi connectivity index (χ3n) is 6.48. The van der Waals surface area contributed by atoms with Crippen molar-refractivity contribution in [2.24, 2.45) is 17.0 Å². The van der Waals surface area contributed by atoms with E-state index in [0.29, 0.717) is 24.4 Å². The molecule has 10 nitrogen and oxygen atoms in total. The summed E-state index contributed by atoms with van der Waals surface area (Å²) in [6.07, 6.45) is 5.09. The molecule has 4 atom stereocenters. The minimum Gasteiger partial charge on any atom is -0.461 e. The lowest BCUT2D eigenvalue weighted by molar-refractivity contribution is -0.137. The van der Waals surface area contributed by atoms with Gasteiger partial charge in [0.05, 0.1) is 12.6 Å². The summed E-state index contributed by atoms with van der Waals surface area (Å²) in [4.78, 5) is 47.4. The van der Waals surface area contributed by atoms with Gasteiger partial charge in [0.15, 0.2) is 5.69 Å². The van der Waals surface area contributed by atoms with Crippen molar-refractivity contribution in [1.29, 1.82) is 0 Å². The molecule has 37 heavy (non-hydrogen) atoms. The summed E-state index contributed by atoms with van der Waals surface area (Å²) in [5.41, 5.74) is 9.38. The molecular formula is C26H44N6O4S. The van der Waals surface area contributed by atoms with Crippen LogP contribution >= 0.6 is 11.3 Å². The lowest BCUT2D eigenvalue weighted by Crippen LogP contribution is -2.50. The number of hydrogen-bond donors (Lipinski definition) is 1. The van der Waals surface area contributed by atoms with Crippen LogP contribution in [0.5, 0.6) is 0 Å². The Kier molecular flexibility index (Phi) is 14.9. The molecule has 11 heteroatoms. The van der Waals surface area contributed by atoms with Crippen LogP contribution in [0.2, 0.25) is 0 Å². The molecule has 0 aromatic carbocycles. The predicted octanol–water partition coefficient (Wildman–Crippen LogP) is 6.05. The van der Waals surface area contributed by atoms with E-state index in [4.69, 9.17) is 4.74 Å². The van der Waals surface area contributed by atoms with Crippen LogP contribution in [0.15, 0.2) is 10.5 Å². The summed E-state index contributed by atoms with van der Waals surface area (Å²) in [5.74, 6) is -0.973. The number of amides is 2. The number of thiazole rings is 1. The summed E-state index contributed by atoms with van der Waals surface area (Å²) in [6, 6.07) is -1.54. The zero-order valence-corrected chi connectivity index (χ0v) is 24.2. The summed E-state index contributed by atoms with van der Waals surface area (Å²) in [6.45, 7) is 14.1. The van der Waals surface area contributed by atoms with Gasteiger partial charge in [-0.05, 0) is 37.1 Å². The SMILES string of the molecule is CCCCCCN(C(=O)C(N=[N+]=[N-])[C@@H](C)CC)[C@H](C[C@@H](NC(C)=O)c1nc(C(=O)OCC)cs1)C(C)C. The van der Waals surface area contributed by atoms with E-state index in [-0.39, 0.29) is 42.0 Å². The second kappa shape index (κ2) is 17.0. The van der Waals surface area contributed by atoms with Crippen LogP contribution in [-0.2, 0) is 14.3 Å². The minimum atomic E-state index is -0.795. The number of nitrogens with zero attached hydrogens (tertiary/aromatic N) is 5. The Morgan fingerprint density at radius 3 is 2.43 bits per heavy atom. The fourth-order valence-corrected chi connectivity index (χ4v) is 5.07. The first-order valence-corrected chi connectivity index (χ1v) is 14.2. The molecule has 0 spiro atoms. The number of ether oxygens (including phenoxy) is 1. The molecule has 208 valence electrons. The smallest absolute Gasteiger partial charge is 0.357 e. The van der Waals surface area contributed by atoms with Crippen LogP contribution in [0, 0.1) is 11.8 Å². The Morgan fingerprint density at radius 1 is 1.19 bits per heavy atom. The van der Waals surface area contributed by atoms with Crippen molar-refractivity contribution in [2.45, 2.75) is 105 Å². The highest BCUT2D eigenvalue weighted by Crippen LogP contribution is 2.30. The molecule has 1 heterocycles. The van der Waals surface area contributed by atoms with E-state index >= 15 is 0 Å². The maximum Gasteiger partial charge on any atom is 0.357 e. The van der Waals surface area contributed by atoms with Crippen LogP contribution in [0.25, 0.3) is 10.4 Å². The van der Waals surface area contributed by atoms with Gasteiger partial charge in [-0.2, -0.15) is 0 Å². The lowest BCUT2D eigenvalue weighted by Gasteiger charge is -2.38. The molecule has 0 saturated heterocycles. The maximum atomic E-state index is 13.8. The standard InChI is InChI=1S/C26H44N6O4S/c1-8-11-12-13-14-32(25(34)23(30-31-27)18(6)9-2)22(17(4)5)15-20(28-19(7)33)24-29-21(16-37-24)26(35)36-10-3/h16-18,20,22-23H,8-15H2,1-7H3,(H,28,33)/t18-,20+,22+,23?/m0/s1. The molecule has 0 bridgehead atoms. The number of carbonyl (C=O) groups is 3. The molecule has 1 unspecified atom stereocenters. The zero-order chi connectivity index (χ0) is 28.0. The molecule has 1 N–H and O–H groups in total. The number of aromatic nitrogens is 1. The quantitative estimate of drug-likeness (QED) is 0.0850. The van der Waals surface area contributed by atoms with Gasteiger partial charge in [0.25, 0.3) is 0 Å². The number of rotatable bonds is 17. The van der Waals surface area contributed by atoms with Crippen molar-refractivity contribution in [3.05, 3.63) is 26.5 Å². The summed E-state index contributed by atoms with van der Waals surface area (Å²) >= 11 is 1.28. The van der Waals surface area contributed by atoms with Gasteiger partial charge in [-0.3, -0.25) is 9.59 Å². The molecule has 1 rings (SSSR count). The molecule has 0 aliphatic heterocycles. The van der Waals surface area contributed by atoms with Crippen LogP contribution < -0.4 is 5.32 Å². The van der Waals surface area contributed by atoms with Crippen LogP contribution in [-0.4, -0.2) is 52.9 Å². The molecular weight excluding hydrogens is 492 g/mol. The number of azide groups is 1. The first-order chi connectivity index (χ1) is 17.6. The summed E-state index contributed by atoms with van der Waals surface area (Å²) in [5, 5.41) is 9.05. The van der Waals surface area contributed by atoms with E-state index in [0.717, 1.165) is 25.7 Å². The summed E-state index contributed by atoms with van der Waals surface area (Å²) in [7, 11) is 0. The van der Waals surface area contributed by atoms with Crippen molar-refractivity contribution in [3.8, 4) is 0 Å². The van der Waals surface area contributed by atoms with E-state index in [1.807, 2.05) is 32.6 Å². The van der Waals surface area contributed by atoms with Gasteiger partial charge in [-0.15, -0.1) is 11.3 Å². The van der Waals surface area contributed by atoms with Crippen molar-refractivity contribution < 1.29 is 19.1 Å². The fourth-order valence-electron chi connectivity index (χ4n) is 4.22. The average Bonchev–Trinajstić information content (AvgIpc) is 3.35. The van der Waals surface area contributed by atoms with Crippen molar-refractivity contribution >= 4 is 29.1 Å². The highest BCUT2D eigenvalue weighted by Gasteiger charge is 2.35. The lowest BCUT2D eigenvalue weighted by atomic mass is 9.92. The van der Waals surface area contributed by atoms with Crippen molar-refractivity contribution in [1.82, 2.24) is 15.2 Å². The molecule has 1 aromatic heterocycles. The topological polar surface area (TPSA) is 137 Å². The van der Waals surface area contributed by atoms with Gasteiger partial charge in [-0.25, -0.2) is 9.78 Å². The molecule has 1 aromatic rings. The van der Waals surface area contributed by atoms with Gasteiger partial charge in [0.1, 0.15) is 11.0 Å². The normalized spacial score (nSPS) is 14.3. The van der Waals surface area contributed by atoms with Gasteiger partial charge < -0.3 is 15.0 Å². The molecule has 0 aliphatic carbocycles. The highest BCUT2D eigenvalue weighted by atomic mass is 32.1. The Bertz CT molecular complexity index is 915. The van der Waals surface area contributed by atoms with Crippen molar-refractivity contribution in [3.63, 3.8) is 0 Å². The van der Waals surface area contributed by atoms with E-state index in [9.17, 15) is 19.9 Å². The molecule has 0 aliphatic rings.